The summed E-state index contributed by atoms with van der Waals surface area (Å²) in [7, 11) is 0. The molecule has 1 amide bonds. The van der Waals surface area contributed by atoms with E-state index in [-0.39, 0.29) is 11.8 Å². The van der Waals surface area contributed by atoms with Gasteiger partial charge in [0.2, 0.25) is 5.91 Å². The van der Waals surface area contributed by atoms with Crippen LogP contribution >= 0.6 is 0 Å². The van der Waals surface area contributed by atoms with Crippen molar-refractivity contribution >= 4 is 5.91 Å². The van der Waals surface area contributed by atoms with E-state index >= 15 is 0 Å². The van der Waals surface area contributed by atoms with Gasteiger partial charge in [0.25, 0.3) is 0 Å². The fourth-order valence-electron chi connectivity index (χ4n) is 1.48. The van der Waals surface area contributed by atoms with Crippen LogP contribution in [0.4, 0.5) is 0 Å². The van der Waals surface area contributed by atoms with Gasteiger partial charge in [0.1, 0.15) is 0 Å². The van der Waals surface area contributed by atoms with E-state index in [1.165, 1.54) is 0 Å². The first-order valence-corrected chi connectivity index (χ1v) is 5.29. The van der Waals surface area contributed by atoms with Crippen LogP contribution in [0.5, 0.6) is 0 Å². The van der Waals surface area contributed by atoms with E-state index in [2.05, 4.69) is 6.58 Å². The Morgan fingerprint density at radius 3 is 2.79 bits per heavy atom. The van der Waals surface area contributed by atoms with E-state index in [1.807, 2.05) is 11.8 Å². The Hall–Kier alpha value is -0.830. The van der Waals surface area contributed by atoms with Crippen molar-refractivity contribution in [2.45, 2.75) is 32.2 Å². The zero-order valence-electron chi connectivity index (χ0n) is 8.91. The van der Waals surface area contributed by atoms with Crippen molar-refractivity contribution in [3.63, 3.8) is 0 Å². The number of rotatable bonds is 6. The summed E-state index contributed by atoms with van der Waals surface area (Å²) in [6.07, 6.45) is 4.66. The summed E-state index contributed by atoms with van der Waals surface area (Å²) in [5.41, 5.74) is 5.50. The SMILES string of the molecule is C=CCN(C(=O)CC(C)CN)C1CC1. The molecule has 1 saturated carbocycles. The summed E-state index contributed by atoms with van der Waals surface area (Å²) >= 11 is 0. The van der Waals surface area contributed by atoms with Gasteiger partial charge in [0.05, 0.1) is 0 Å². The highest BCUT2D eigenvalue weighted by atomic mass is 16.2. The lowest BCUT2D eigenvalue weighted by molar-refractivity contribution is -0.132. The minimum atomic E-state index is 0.227. The first kappa shape index (κ1) is 11.2. The first-order valence-electron chi connectivity index (χ1n) is 5.29. The molecule has 0 aromatic heterocycles. The van der Waals surface area contributed by atoms with Crippen molar-refractivity contribution < 1.29 is 4.79 Å². The van der Waals surface area contributed by atoms with Gasteiger partial charge in [-0.05, 0) is 25.3 Å². The molecule has 0 aromatic rings. The average molecular weight is 196 g/mol. The van der Waals surface area contributed by atoms with Crippen LogP contribution in [0.3, 0.4) is 0 Å². The minimum absolute atomic E-state index is 0.227. The van der Waals surface area contributed by atoms with Crippen LogP contribution in [0.1, 0.15) is 26.2 Å². The Balaban J connectivity index is 2.41. The summed E-state index contributed by atoms with van der Waals surface area (Å²) in [6, 6.07) is 0.477. The number of nitrogens with zero attached hydrogens (tertiary/aromatic N) is 1. The molecule has 1 fully saturated rings. The van der Waals surface area contributed by atoms with Crippen LogP contribution in [0.2, 0.25) is 0 Å². The molecule has 3 nitrogen and oxygen atoms in total. The third kappa shape index (κ3) is 3.14. The Kier molecular flexibility index (Phi) is 4.14. The topological polar surface area (TPSA) is 46.3 Å². The van der Waals surface area contributed by atoms with Gasteiger partial charge < -0.3 is 10.6 Å². The summed E-state index contributed by atoms with van der Waals surface area (Å²) in [5.74, 6) is 0.513. The number of carbonyl (C=O) groups excluding carboxylic acids is 1. The second kappa shape index (κ2) is 5.15. The molecule has 0 heterocycles. The zero-order valence-corrected chi connectivity index (χ0v) is 8.91. The second-order valence-electron chi connectivity index (χ2n) is 4.11. The fourth-order valence-corrected chi connectivity index (χ4v) is 1.48. The maximum absolute atomic E-state index is 11.8. The van der Waals surface area contributed by atoms with Gasteiger partial charge in [0, 0.05) is 19.0 Å². The molecule has 0 bridgehead atoms. The average Bonchev–Trinajstić information content (AvgIpc) is 2.97. The maximum Gasteiger partial charge on any atom is 0.223 e. The van der Waals surface area contributed by atoms with E-state index in [9.17, 15) is 4.79 Å². The van der Waals surface area contributed by atoms with Gasteiger partial charge in [0.15, 0.2) is 0 Å². The van der Waals surface area contributed by atoms with E-state index in [4.69, 9.17) is 5.73 Å². The Labute approximate surface area is 86.0 Å². The molecule has 14 heavy (non-hydrogen) atoms. The van der Waals surface area contributed by atoms with E-state index < -0.39 is 0 Å². The number of hydrogen-bond donors (Lipinski definition) is 1. The standard InChI is InChI=1S/C11H20N2O/c1-3-6-13(10-4-5-10)11(14)7-9(2)8-12/h3,9-10H,1,4-8,12H2,2H3. The highest BCUT2D eigenvalue weighted by Crippen LogP contribution is 2.27. The minimum Gasteiger partial charge on any atom is -0.336 e. The zero-order chi connectivity index (χ0) is 10.6. The highest BCUT2D eigenvalue weighted by molar-refractivity contribution is 5.77. The predicted molar refractivity (Wildman–Crippen MR) is 57.8 cm³/mol. The Morgan fingerprint density at radius 2 is 2.36 bits per heavy atom. The third-order valence-corrected chi connectivity index (χ3v) is 2.56. The summed E-state index contributed by atoms with van der Waals surface area (Å²) in [5, 5.41) is 0. The molecule has 0 aromatic carbocycles. The molecule has 1 unspecified atom stereocenters. The molecular formula is C11H20N2O. The second-order valence-corrected chi connectivity index (χ2v) is 4.11. The van der Waals surface area contributed by atoms with Crippen LogP contribution in [0, 0.1) is 5.92 Å². The lowest BCUT2D eigenvalue weighted by Gasteiger charge is -2.22. The maximum atomic E-state index is 11.8. The molecule has 1 aliphatic carbocycles. The fraction of sp³-hybridized carbons (Fsp3) is 0.727. The Morgan fingerprint density at radius 1 is 1.71 bits per heavy atom. The molecule has 1 aliphatic rings. The van der Waals surface area contributed by atoms with Crippen molar-refractivity contribution in [2.75, 3.05) is 13.1 Å². The van der Waals surface area contributed by atoms with E-state index in [0.717, 1.165) is 12.8 Å². The molecule has 1 atom stereocenters. The van der Waals surface area contributed by atoms with Crippen LogP contribution in [0.25, 0.3) is 0 Å². The van der Waals surface area contributed by atoms with Gasteiger partial charge in [-0.1, -0.05) is 13.0 Å². The monoisotopic (exact) mass is 196 g/mol. The molecule has 0 spiro atoms. The molecule has 2 N–H and O–H groups in total. The molecule has 0 aliphatic heterocycles. The third-order valence-electron chi connectivity index (χ3n) is 2.56. The number of carbonyl (C=O) groups is 1. The summed E-state index contributed by atoms with van der Waals surface area (Å²) in [6.45, 7) is 6.95. The quantitative estimate of drug-likeness (QED) is 0.648. The normalized spacial score (nSPS) is 17.6. The van der Waals surface area contributed by atoms with E-state index in [0.29, 0.717) is 25.6 Å². The van der Waals surface area contributed by atoms with Crippen LogP contribution in [-0.2, 0) is 4.79 Å². The van der Waals surface area contributed by atoms with Crippen LogP contribution < -0.4 is 5.73 Å². The van der Waals surface area contributed by atoms with Crippen LogP contribution in [0.15, 0.2) is 12.7 Å². The Bertz CT molecular complexity index is 211. The van der Waals surface area contributed by atoms with Gasteiger partial charge in [-0.15, -0.1) is 6.58 Å². The van der Waals surface area contributed by atoms with Crippen molar-refractivity contribution in [2.24, 2.45) is 11.7 Å². The molecular weight excluding hydrogens is 176 g/mol. The number of hydrogen-bond acceptors (Lipinski definition) is 2. The first-order chi connectivity index (χ1) is 6.69. The highest BCUT2D eigenvalue weighted by Gasteiger charge is 2.31. The summed E-state index contributed by atoms with van der Waals surface area (Å²) < 4.78 is 0. The van der Waals surface area contributed by atoms with Crippen molar-refractivity contribution in [3.05, 3.63) is 12.7 Å². The van der Waals surface area contributed by atoms with Gasteiger partial charge in [-0.3, -0.25) is 4.79 Å². The number of amides is 1. The van der Waals surface area contributed by atoms with Gasteiger partial charge in [-0.2, -0.15) is 0 Å². The van der Waals surface area contributed by atoms with Crippen molar-refractivity contribution in [1.29, 1.82) is 0 Å². The smallest absolute Gasteiger partial charge is 0.223 e. The lowest BCUT2D eigenvalue weighted by Crippen LogP contribution is -2.35. The molecule has 3 heteroatoms. The number of nitrogens with two attached hydrogens (primary N) is 1. The van der Waals surface area contributed by atoms with Gasteiger partial charge in [-0.25, -0.2) is 0 Å². The van der Waals surface area contributed by atoms with Crippen molar-refractivity contribution in [3.8, 4) is 0 Å². The largest absolute Gasteiger partial charge is 0.336 e. The lowest BCUT2D eigenvalue weighted by atomic mass is 10.1. The van der Waals surface area contributed by atoms with Crippen LogP contribution in [-0.4, -0.2) is 29.9 Å². The molecule has 0 radical (unpaired) electrons. The summed E-state index contributed by atoms with van der Waals surface area (Å²) in [4.78, 5) is 13.7. The molecule has 80 valence electrons. The van der Waals surface area contributed by atoms with E-state index in [1.54, 1.807) is 6.08 Å². The molecule has 1 rings (SSSR count). The molecule has 0 saturated heterocycles. The van der Waals surface area contributed by atoms with Crippen molar-refractivity contribution in [1.82, 2.24) is 4.90 Å². The van der Waals surface area contributed by atoms with Gasteiger partial charge >= 0.3 is 0 Å². The predicted octanol–water partition coefficient (Wildman–Crippen LogP) is 1.15.